The van der Waals surface area contributed by atoms with Gasteiger partial charge in [-0.2, -0.15) is 5.10 Å². The van der Waals surface area contributed by atoms with Gasteiger partial charge in [0.25, 0.3) is 5.92 Å². The average Bonchev–Trinajstić information content (AvgIpc) is 2.84. The van der Waals surface area contributed by atoms with Crippen LogP contribution < -0.4 is 20.4 Å². The van der Waals surface area contributed by atoms with Crippen molar-refractivity contribution in [1.82, 2.24) is 9.78 Å². The number of aromatic nitrogens is 2. The predicted molar refractivity (Wildman–Crippen MR) is 130 cm³/mol. The fourth-order valence-electron chi connectivity index (χ4n) is 3.81. The number of ether oxygens (including phenoxy) is 1. The third-order valence-corrected chi connectivity index (χ3v) is 5.64. The molecule has 0 bridgehead atoms. The molecule has 1 aliphatic heterocycles. The van der Waals surface area contributed by atoms with Crippen LogP contribution in [0.5, 0.6) is 5.75 Å². The van der Waals surface area contributed by atoms with E-state index in [1.54, 1.807) is 12.1 Å². The molecule has 0 saturated carbocycles. The lowest BCUT2D eigenvalue weighted by molar-refractivity contribution is -0.0220. The highest BCUT2D eigenvalue weighted by molar-refractivity contribution is 5.86. The van der Waals surface area contributed by atoms with Crippen molar-refractivity contribution < 1.29 is 13.5 Å². The van der Waals surface area contributed by atoms with Gasteiger partial charge in [0.1, 0.15) is 11.4 Å². The number of rotatable bonds is 7. The number of nitrogens with one attached hydrogen (secondary N) is 2. The van der Waals surface area contributed by atoms with Gasteiger partial charge in [-0.25, -0.2) is 13.5 Å². The van der Waals surface area contributed by atoms with Crippen molar-refractivity contribution in [2.75, 3.05) is 30.4 Å². The predicted octanol–water partition coefficient (Wildman–Crippen LogP) is 4.58. The van der Waals surface area contributed by atoms with E-state index in [0.717, 1.165) is 17.6 Å². The number of hydrogen-bond acceptors (Lipinski definition) is 6. The molecule has 9 heteroatoms. The zero-order valence-electron chi connectivity index (χ0n) is 18.7. The Bertz CT molecular complexity index is 1250. The summed E-state index contributed by atoms with van der Waals surface area (Å²) in [6.07, 6.45) is 3.72. The smallest absolute Gasteiger partial charge is 0.251 e. The number of methoxy groups -OCH3 is 1. The van der Waals surface area contributed by atoms with E-state index in [1.807, 2.05) is 41.3 Å². The van der Waals surface area contributed by atoms with Gasteiger partial charge >= 0.3 is 0 Å². The Hall–Kier alpha value is -4.01. The summed E-state index contributed by atoms with van der Waals surface area (Å²) in [5.74, 6) is -2.13. The molecular formula is C25H25F2N5O2. The van der Waals surface area contributed by atoms with Crippen molar-refractivity contribution in [2.24, 2.45) is 0 Å². The van der Waals surface area contributed by atoms with Gasteiger partial charge in [0, 0.05) is 61.9 Å². The largest absolute Gasteiger partial charge is 0.494 e. The summed E-state index contributed by atoms with van der Waals surface area (Å²) in [6, 6.07) is 16.1. The molecule has 176 valence electrons. The summed E-state index contributed by atoms with van der Waals surface area (Å²) < 4.78 is 34.2. The van der Waals surface area contributed by atoms with Crippen molar-refractivity contribution in [2.45, 2.75) is 18.8 Å². The minimum absolute atomic E-state index is 0.138. The van der Waals surface area contributed by atoms with Crippen LogP contribution in [0.15, 0.2) is 71.7 Å². The van der Waals surface area contributed by atoms with Crippen LogP contribution in [-0.4, -0.2) is 42.1 Å². The van der Waals surface area contributed by atoms with E-state index < -0.39 is 5.92 Å². The molecule has 2 N–H and O–H groups in total. The standard InChI is InChI=1S/C25H25F2N5O2/c1-34-23-17-19(31-15-11-25(26,27)12-16-31)7-8-21(23)32-14-10-22(33)24(30-32)20(9-13-28)29-18-5-3-2-4-6-18/h2-10,13-14,17,28-29H,11-12,15-16H2,1H3/b20-9-,28-13?. The quantitative estimate of drug-likeness (QED) is 0.499. The molecule has 2 heterocycles. The zero-order valence-corrected chi connectivity index (χ0v) is 18.7. The van der Waals surface area contributed by atoms with Crippen LogP contribution in [-0.2, 0) is 0 Å². The SMILES string of the molecule is COc1cc(N2CCC(F)(F)CC2)ccc1-n1ccc(=O)c(/C(=C/C=N)Nc2ccccc2)n1. The van der Waals surface area contributed by atoms with E-state index in [4.69, 9.17) is 10.1 Å². The van der Waals surface area contributed by atoms with E-state index in [2.05, 4.69) is 10.4 Å². The molecule has 1 aliphatic rings. The molecular weight excluding hydrogens is 440 g/mol. The normalized spacial score (nSPS) is 15.6. The highest BCUT2D eigenvalue weighted by Gasteiger charge is 2.34. The summed E-state index contributed by atoms with van der Waals surface area (Å²) in [5.41, 5.74) is 2.33. The van der Waals surface area contributed by atoms with Crippen molar-refractivity contribution in [3.05, 3.63) is 82.8 Å². The molecule has 0 unspecified atom stereocenters. The van der Waals surface area contributed by atoms with Crippen LogP contribution in [0.2, 0.25) is 0 Å². The topological polar surface area (TPSA) is 83.2 Å². The Balaban J connectivity index is 1.67. The van der Waals surface area contributed by atoms with Crippen molar-refractivity contribution in [3.63, 3.8) is 0 Å². The lowest BCUT2D eigenvalue weighted by Gasteiger charge is -2.33. The number of anilines is 2. The van der Waals surface area contributed by atoms with Gasteiger partial charge in [-0.15, -0.1) is 0 Å². The van der Waals surface area contributed by atoms with E-state index in [-0.39, 0.29) is 37.1 Å². The van der Waals surface area contributed by atoms with Crippen LogP contribution in [0.4, 0.5) is 20.2 Å². The Kier molecular flexibility index (Phi) is 6.72. The molecule has 0 amide bonds. The molecule has 4 rings (SSSR count). The van der Waals surface area contributed by atoms with E-state index in [9.17, 15) is 13.6 Å². The molecule has 3 aromatic rings. The van der Waals surface area contributed by atoms with Gasteiger partial charge in [-0.3, -0.25) is 4.79 Å². The van der Waals surface area contributed by atoms with Crippen molar-refractivity contribution >= 4 is 23.3 Å². The number of hydrogen-bond donors (Lipinski definition) is 2. The fraction of sp³-hybridized carbons (Fsp3) is 0.240. The first-order valence-electron chi connectivity index (χ1n) is 10.8. The van der Waals surface area contributed by atoms with Gasteiger partial charge < -0.3 is 20.4 Å². The van der Waals surface area contributed by atoms with Gasteiger partial charge in [0.2, 0.25) is 5.43 Å². The lowest BCUT2D eigenvalue weighted by Crippen LogP contribution is -2.39. The van der Waals surface area contributed by atoms with Crippen molar-refractivity contribution in [3.8, 4) is 11.4 Å². The highest BCUT2D eigenvalue weighted by Crippen LogP contribution is 2.33. The molecule has 0 atom stereocenters. The second kappa shape index (κ2) is 9.86. The Morgan fingerprint density at radius 1 is 1.15 bits per heavy atom. The molecule has 7 nitrogen and oxygen atoms in total. The van der Waals surface area contributed by atoms with Gasteiger partial charge in [0.05, 0.1) is 12.8 Å². The fourth-order valence-corrected chi connectivity index (χ4v) is 3.81. The average molecular weight is 466 g/mol. The number of nitrogens with zero attached hydrogens (tertiary/aromatic N) is 3. The van der Waals surface area contributed by atoms with Crippen molar-refractivity contribution in [1.29, 1.82) is 5.41 Å². The monoisotopic (exact) mass is 465 g/mol. The molecule has 2 aromatic carbocycles. The summed E-state index contributed by atoms with van der Waals surface area (Å²) in [7, 11) is 1.52. The van der Waals surface area contributed by atoms with Gasteiger partial charge in [0.15, 0.2) is 5.69 Å². The molecule has 0 radical (unpaired) electrons. The Morgan fingerprint density at radius 3 is 2.56 bits per heavy atom. The maximum Gasteiger partial charge on any atom is 0.251 e. The number of benzene rings is 2. The molecule has 1 saturated heterocycles. The van der Waals surface area contributed by atoms with Crippen LogP contribution in [0.25, 0.3) is 11.4 Å². The highest BCUT2D eigenvalue weighted by atomic mass is 19.3. The summed E-state index contributed by atoms with van der Waals surface area (Å²) >= 11 is 0. The number of alkyl halides is 2. The molecule has 0 aliphatic carbocycles. The Labute approximate surface area is 195 Å². The van der Waals surface area contributed by atoms with E-state index >= 15 is 0 Å². The Morgan fingerprint density at radius 2 is 1.88 bits per heavy atom. The third-order valence-electron chi connectivity index (χ3n) is 5.64. The van der Waals surface area contributed by atoms with Crippen LogP contribution in [0.3, 0.4) is 0 Å². The second-order valence-electron chi connectivity index (χ2n) is 7.91. The first kappa shape index (κ1) is 23.2. The zero-order chi connectivity index (χ0) is 24.1. The summed E-state index contributed by atoms with van der Waals surface area (Å²) in [4.78, 5) is 14.6. The van der Waals surface area contributed by atoms with Gasteiger partial charge in [-0.05, 0) is 30.3 Å². The summed E-state index contributed by atoms with van der Waals surface area (Å²) in [5, 5.41) is 15.1. The number of para-hydroxylation sites is 1. The molecule has 1 fully saturated rings. The minimum Gasteiger partial charge on any atom is -0.494 e. The summed E-state index contributed by atoms with van der Waals surface area (Å²) in [6.45, 7) is 0.526. The number of piperidine rings is 1. The maximum absolute atomic E-state index is 13.5. The van der Waals surface area contributed by atoms with Crippen LogP contribution in [0, 0.1) is 5.41 Å². The second-order valence-corrected chi connectivity index (χ2v) is 7.91. The molecule has 34 heavy (non-hydrogen) atoms. The maximum atomic E-state index is 13.5. The molecule has 1 aromatic heterocycles. The van der Waals surface area contributed by atoms with E-state index in [0.29, 0.717) is 17.1 Å². The lowest BCUT2D eigenvalue weighted by atomic mass is 10.1. The van der Waals surface area contributed by atoms with Gasteiger partial charge in [-0.1, -0.05) is 18.2 Å². The van der Waals surface area contributed by atoms with E-state index in [1.165, 1.54) is 30.1 Å². The number of allylic oxidation sites excluding steroid dienone is 1. The molecule has 0 spiro atoms. The first-order valence-corrected chi connectivity index (χ1v) is 10.8. The third kappa shape index (κ3) is 5.14. The first-order chi connectivity index (χ1) is 16.4. The van der Waals surface area contributed by atoms with Crippen LogP contribution in [0.1, 0.15) is 18.5 Å². The van der Waals surface area contributed by atoms with Crippen LogP contribution >= 0.6 is 0 Å². The minimum atomic E-state index is -2.62. The number of halogens is 2.